The van der Waals surface area contributed by atoms with Crippen LogP contribution >= 0.6 is 0 Å². The first-order valence-electron chi connectivity index (χ1n) is 12.9. The van der Waals surface area contributed by atoms with E-state index in [2.05, 4.69) is 93.5 Å². The van der Waals surface area contributed by atoms with Crippen molar-refractivity contribution in [2.45, 2.75) is 92.9 Å². The van der Waals surface area contributed by atoms with E-state index in [-0.39, 0.29) is 34.5 Å². The molecule has 0 aromatic heterocycles. The lowest BCUT2D eigenvalue weighted by molar-refractivity contribution is -0.133. The van der Waals surface area contributed by atoms with E-state index in [1.165, 1.54) is 11.1 Å². The smallest absolute Gasteiger partial charge is 0.138 e. The normalized spacial score (nSPS) is 36.9. The molecule has 2 heteroatoms. The predicted molar refractivity (Wildman–Crippen MR) is 134 cm³/mol. The van der Waals surface area contributed by atoms with Crippen molar-refractivity contribution in [1.82, 2.24) is 0 Å². The number of benzene rings is 1. The van der Waals surface area contributed by atoms with Gasteiger partial charge in [0.05, 0.1) is 0 Å². The predicted octanol–water partition coefficient (Wildman–Crippen LogP) is 7.24. The summed E-state index contributed by atoms with van der Waals surface area (Å²) < 4.78 is 0. The van der Waals surface area contributed by atoms with Crippen LogP contribution in [0.15, 0.2) is 24.3 Å². The first-order valence-corrected chi connectivity index (χ1v) is 12.9. The Morgan fingerprint density at radius 3 is 1.34 bits per heavy atom. The lowest BCUT2D eigenvalue weighted by Crippen LogP contribution is -2.46. The molecule has 0 heterocycles. The van der Waals surface area contributed by atoms with E-state index >= 15 is 0 Å². The molecule has 0 radical (unpaired) electrons. The van der Waals surface area contributed by atoms with Crippen LogP contribution in [0.5, 0.6) is 0 Å². The fourth-order valence-electron chi connectivity index (χ4n) is 7.19. The van der Waals surface area contributed by atoms with Crippen molar-refractivity contribution in [3.63, 3.8) is 0 Å². The number of carbonyl (C=O) groups is 2. The monoisotopic (exact) mass is 438 g/mol. The zero-order valence-electron chi connectivity index (χ0n) is 22.2. The highest BCUT2D eigenvalue weighted by Crippen LogP contribution is 2.49. The molecule has 0 amide bonds. The molecule has 2 aliphatic rings. The summed E-state index contributed by atoms with van der Waals surface area (Å²) in [4.78, 5) is 25.2. The highest BCUT2D eigenvalue weighted by molar-refractivity contribution is 5.84. The van der Waals surface area contributed by atoms with Crippen LogP contribution in [0.3, 0.4) is 0 Å². The SMILES string of the molecule is CC1CC(C(C)(C)c2cccc(C(C)(C)C3CC(C)C(=O)C(C)C3C)c2)C(C)C(C)C1=O. The van der Waals surface area contributed by atoms with Gasteiger partial charge in [-0.05, 0) is 58.5 Å². The van der Waals surface area contributed by atoms with Crippen LogP contribution in [0.25, 0.3) is 0 Å². The molecule has 0 bridgehead atoms. The van der Waals surface area contributed by atoms with Crippen LogP contribution in [0.4, 0.5) is 0 Å². The third-order valence-electron chi connectivity index (χ3n) is 10.1. The quantitative estimate of drug-likeness (QED) is 0.496. The van der Waals surface area contributed by atoms with E-state index in [0.717, 1.165) is 12.8 Å². The minimum Gasteiger partial charge on any atom is -0.299 e. The van der Waals surface area contributed by atoms with E-state index in [9.17, 15) is 9.59 Å². The van der Waals surface area contributed by atoms with Gasteiger partial charge in [-0.2, -0.15) is 0 Å². The third-order valence-corrected chi connectivity index (χ3v) is 10.1. The average Bonchev–Trinajstić information content (AvgIpc) is 2.75. The number of rotatable bonds is 4. The molecule has 0 N–H and O–H groups in total. The molecule has 1 aromatic carbocycles. The second-order valence-electron chi connectivity index (χ2n) is 12.6. The zero-order chi connectivity index (χ0) is 24.2. The molecule has 2 saturated carbocycles. The van der Waals surface area contributed by atoms with Crippen LogP contribution in [0.2, 0.25) is 0 Å². The first kappa shape index (κ1) is 25.2. The Kier molecular flexibility index (Phi) is 6.87. The molecular formula is C30H46O2. The van der Waals surface area contributed by atoms with Crippen LogP contribution in [-0.4, -0.2) is 11.6 Å². The van der Waals surface area contributed by atoms with E-state index in [0.29, 0.717) is 35.2 Å². The van der Waals surface area contributed by atoms with Crippen molar-refractivity contribution in [1.29, 1.82) is 0 Å². The van der Waals surface area contributed by atoms with Gasteiger partial charge in [-0.25, -0.2) is 0 Å². The summed E-state index contributed by atoms with van der Waals surface area (Å²) in [6.07, 6.45) is 1.95. The van der Waals surface area contributed by atoms with Crippen molar-refractivity contribution < 1.29 is 9.59 Å². The molecule has 32 heavy (non-hydrogen) atoms. The lowest BCUT2D eigenvalue weighted by Gasteiger charge is -2.47. The van der Waals surface area contributed by atoms with E-state index in [1.807, 2.05) is 0 Å². The molecule has 2 aliphatic carbocycles. The summed E-state index contributed by atoms with van der Waals surface area (Å²) >= 11 is 0. The molecule has 0 aliphatic heterocycles. The maximum absolute atomic E-state index is 12.6. The Bertz CT molecular complexity index is 796. The molecule has 2 fully saturated rings. The molecule has 3 rings (SSSR count). The van der Waals surface area contributed by atoms with Crippen LogP contribution in [0, 0.1) is 47.3 Å². The maximum atomic E-state index is 12.6. The second-order valence-corrected chi connectivity index (χ2v) is 12.6. The minimum absolute atomic E-state index is 0.00343. The van der Waals surface area contributed by atoms with E-state index in [1.54, 1.807) is 0 Å². The number of hydrogen-bond acceptors (Lipinski definition) is 2. The number of hydrogen-bond donors (Lipinski definition) is 0. The molecule has 2 nitrogen and oxygen atoms in total. The minimum atomic E-state index is 0.00343. The maximum Gasteiger partial charge on any atom is 0.138 e. The van der Waals surface area contributed by atoms with Gasteiger partial charge in [0.25, 0.3) is 0 Å². The fourth-order valence-corrected chi connectivity index (χ4v) is 7.19. The molecule has 0 saturated heterocycles. The van der Waals surface area contributed by atoms with Crippen LogP contribution < -0.4 is 0 Å². The number of carbonyl (C=O) groups excluding carboxylic acids is 2. The highest BCUT2D eigenvalue weighted by Gasteiger charge is 2.47. The summed E-state index contributed by atoms with van der Waals surface area (Å²) in [5, 5.41) is 0. The third kappa shape index (κ3) is 4.12. The van der Waals surface area contributed by atoms with Gasteiger partial charge in [0.15, 0.2) is 0 Å². The molecule has 1 aromatic rings. The molecule has 0 spiro atoms. The average molecular weight is 439 g/mol. The van der Waals surface area contributed by atoms with Gasteiger partial charge >= 0.3 is 0 Å². The van der Waals surface area contributed by atoms with Crippen molar-refractivity contribution in [2.24, 2.45) is 47.3 Å². The second kappa shape index (κ2) is 8.73. The van der Waals surface area contributed by atoms with E-state index < -0.39 is 0 Å². The van der Waals surface area contributed by atoms with Crippen molar-refractivity contribution >= 4 is 11.6 Å². The summed E-state index contributed by atoms with van der Waals surface area (Å²) in [5.41, 5.74) is 2.77. The Balaban J connectivity index is 1.95. The Hall–Kier alpha value is -1.44. The lowest BCUT2D eigenvalue weighted by atomic mass is 9.56. The van der Waals surface area contributed by atoms with Gasteiger partial charge in [-0.15, -0.1) is 0 Å². The van der Waals surface area contributed by atoms with Crippen molar-refractivity contribution in [2.75, 3.05) is 0 Å². The fraction of sp³-hybridized carbons (Fsp3) is 0.733. The van der Waals surface area contributed by atoms with Crippen LogP contribution in [-0.2, 0) is 20.4 Å². The number of Topliss-reactive ketones (excluding diaryl/α,β-unsaturated/α-hetero) is 2. The van der Waals surface area contributed by atoms with Gasteiger partial charge in [-0.3, -0.25) is 9.59 Å². The largest absolute Gasteiger partial charge is 0.299 e. The van der Waals surface area contributed by atoms with Gasteiger partial charge in [0.1, 0.15) is 11.6 Å². The van der Waals surface area contributed by atoms with E-state index in [4.69, 9.17) is 0 Å². The summed E-state index contributed by atoms with van der Waals surface area (Å²) in [6.45, 7) is 22.5. The zero-order valence-corrected chi connectivity index (χ0v) is 22.2. The molecular weight excluding hydrogens is 392 g/mol. The molecule has 8 unspecified atom stereocenters. The van der Waals surface area contributed by atoms with Gasteiger partial charge in [-0.1, -0.05) is 93.5 Å². The first-order chi connectivity index (χ1) is 14.7. The summed E-state index contributed by atoms with van der Waals surface area (Å²) in [6, 6.07) is 9.25. The van der Waals surface area contributed by atoms with Crippen molar-refractivity contribution in [3.05, 3.63) is 35.4 Å². The summed E-state index contributed by atoms with van der Waals surface area (Å²) in [7, 11) is 0. The van der Waals surface area contributed by atoms with Gasteiger partial charge in [0, 0.05) is 23.7 Å². The van der Waals surface area contributed by atoms with Crippen LogP contribution in [0.1, 0.15) is 93.2 Å². The van der Waals surface area contributed by atoms with Gasteiger partial charge < -0.3 is 0 Å². The Labute approximate surface area is 197 Å². The highest BCUT2D eigenvalue weighted by atomic mass is 16.1. The molecule has 178 valence electrons. The Morgan fingerprint density at radius 2 is 1.00 bits per heavy atom. The van der Waals surface area contributed by atoms with Gasteiger partial charge in [0.2, 0.25) is 0 Å². The molecule has 8 atom stereocenters. The Morgan fingerprint density at radius 1 is 0.656 bits per heavy atom. The standard InChI is InChI=1S/C30H46O2/c1-17-14-25(19(3)21(5)27(17)31)29(7,8)23-12-11-13-24(16-23)30(9,10)26-15-18(2)28(32)22(6)20(26)4/h11-13,16-22,25-26H,14-15H2,1-10H3. The van der Waals surface area contributed by atoms with Crippen molar-refractivity contribution in [3.8, 4) is 0 Å². The summed E-state index contributed by atoms with van der Waals surface area (Å²) in [5.74, 6) is 3.16. The number of ketones is 2. The topological polar surface area (TPSA) is 34.1 Å².